The number of benzene rings is 1. The van der Waals surface area contributed by atoms with Crippen molar-refractivity contribution in [1.29, 1.82) is 0 Å². The molecule has 3 N–H and O–H groups in total. The third-order valence-electron chi connectivity index (χ3n) is 2.59. The van der Waals surface area contributed by atoms with Gasteiger partial charge in [-0.3, -0.25) is 11.3 Å². The zero-order chi connectivity index (χ0) is 13.2. The highest BCUT2D eigenvalue weighted by molar-refractivity contribution is 7.99. The molecular formula is C14H24N2OS. The predicted octanol–water partition coefficient (Wildman–Crippen LogP) is 3.12. The number of hydrazine groups is 1. The van der Waals surface area contributed by atoms with Gasteiger partial charge in [-0.15, -0.1) is 0 Å². The van der Waals surface area contributed by atoms with E-state index >= 15 is 0 Å². The van der Waals surface area contributed by atoms with Gasteiger partial charge in [0.25, 0.3) is 0 Å². The summed E-state index contributed by atoms with van der Waals surface area (Å²) >= 11 is 1.92. The van der Waals surface area contributed by atoms with Crippen LogP contribution in [-0.4, -0.2) is 18.1 Å². The molecule has 0 aromatic heterocycles. The zero-order valence-electron chi connectivity index (χ0n) is 11.3. The highest BCUT2D eigenvalue weighted by Gasteiger charge is 2.14. The summed E-state index contributed by atoms with van der Waals surface area (Å²) in [5, 5.41) is 0. The first-order valence-electron chi connectivity index (χ1n) is 6.59. The Labute approximate surface area is 114 Å². The number of thioether (sulfide) groups is 1. The van der Waals surface area contributed by atoms with Gasteiger partial charge in [0.2, 0.25) is 0 Å². The minimum atomic E-state index is 0.148. The molecule has 0 spiro atoms. The molecule has 1 atom stereocenters. The Balaban J connectivity index is 2.70. The number of nitrogens with one attached hydrogen (secondary N) is 1. The van der Waals surface area contributed by atoms with E-state index in [9.17, 15) is 0 Å². The van der Waals surface area contributed by atoms with Gasteiger partial charge in [0.15, 0.2) is 0 Å². The maximum atomic E-state index is 5.77. The van der Waals surface area contributed by atoms with Crippen LogP contribution in [0.2, 0.25) is 0 Å². The van der Waals surface area contributed by atoms with Crippen LogP contribution in [0.15, 0.2) is 24.3 Å². The summed E-state index contributed by atoms with van der Waals surface area (Å²) < 4.78 is 5.77. The van der Waals surface area contributed by atoms with Gasteiger partial charge in [-0.05, 0) is 24.7 Å². The van der Waals surface area contributed by atoms with Gasteiger partial charge >= 0.3 is 0 Å². The van der Waals surface area contributed by atoms with Gasteiger partial charge in [0, 0.05) is 11.3 Å². The number of rotatable bonds is 9. The van der Waals surface area contributed by atoms with Crippen LogP contribution < -0.4 is 16.0 Å². The van der Waals surface area contributed by atoms with E-state index in [1.165, 1.54) is 6.42 Å². The standard InChI is InChI=1S/C14H24N2OS/c1-3-9-17-14-8-6-5-7-12(14)13(16-15)11-18-10-4-2/h5-8,13,16H,3-4,9-11,15H2,1-2H3. The summed E-state index contributed by atoms with van der Waals surface area (Å²) in [5.74, 6) is 8.74. The fourth-order valence-corrected chi connectivity index (χ4v) is 2.65. The van der Waals surface area contributed by atoms with Crippen LogP contribution in [0.5, 0.6) is 5.75 Å². The van der Waals surface area contributed by atoms with E-state index in [2.05, 4.69) is 25.3 Å². The maximum absolute atomic E-state index is 5.77. The van der Waals surface area contributed by atoms with Crippen LogP contribution in [0.3, 0.4) is 0 Å². The molecule has 0 fully saturated rings. The molecule has 0 bridgehead atoms. The molecular weight excluding hydrogens is 244 g/mol. The van der Waals surface area contributed by atoms with Gasteiger partial charge < -0.3 is 4.74 Å². The second-order valence-electron chi connectivity index (χ2n) is 4.18. The van der Waals surface area contributed by atoms with Crippen LogP contribution in [0, 0.1) is 0 Å². The zero-order valence-corrected chi connectivity index (χ0v) is 12.1. The van der Waals surface area contributed by atoms with Crippen molar-refractivity contribution in [3.63, 3.8) is 0 Å². The molecule has 1 aromatic rings. The van der Waals surface area contributed by atoms with Crippen molar-refractivity contribution in [2.24, 2.45) is 5.84 Å². The second kappa shape index (κ2) is 9.25. The Hall–Kier alpha value is -0.710. The molecule has 0 radical (unpaired) electrons. The molecule has 1 rings (SSSR count). The number of nitrogens with two attached hydrogens (primary N) is 1. The molecule has 4 heteroatoms. The highest BCUT2D eigenvalue weighted by atomic mass is 32.2. The normalized spacial score (nSPS) is 12.4. The first-order valence-corrected chi connectivity index (χ1v) is 7.74. The minimum absolute atomic E-state index is 0.148. The third kappa shape index (κ3) is 4.88. The fourth-order valence-electron chi connectivity index (χ4n) is 1.69. The summed E-state index contributed by atoms with van der Waals surface area (Å²) in [6.45, 7) is 5.05. The largest absolute Gasteiger partial charge is 0.493 e. The third-order valence-corrected chi connectivity index (χ3v) is 3.86. The van der Waals surface area contributed by atoms with Crippen LogP contribution in [0.4, 0.5) is 0 Å². The molecule has 0 saturated carbocycles. The average Bonchev–Trinajstić information content (AvgIpc) is 2.42. The van der Waals surface area contributed by atoms with E-state index in [0.29, 0.717) is 0 Å². The van der Waals surface area contributed by atoms with E-state index in [0.717, 1.165) is 35.8 Å². The molecule has 0 aliphatic carbocycles. The van der Waals surface area contributed by atoms with E-state index < -0.39 is 0 Å². The molecule has 1 aromatic carbocycles. The summed E-state index contributed by atoms with van der Waals surface area (Å²) in [7, 11) is 0. The SMILES string of the molecule is CCCOc1ccccc1C(CSCCC)NN. The Morgan fingerprint density at radius 1 is 1.28 bits per heavy atom. The molecule has 0 heterocycles. The van der Waals surface area contributed by atoms with Crippen molar-refractivity contribution in [2.45, 2.75) is 32.7 Å². The van der Waals surface area contributed by atoms with Crippen LogP contribution in [0.1, 0.15) is 38.3 Å². The van der Waals surface area contributed by atoms with Crippen molar-refractivity contribution >= 4 is 11.8 Å². The van der Waals surface area contributed by atoms with Gasteiger partial charge in [0.05, 0.1) is 12.6 Å². The summed E-state index contributed by atoms with van der Waals surface area (Å²) in [6.07, 6.45) is 2.20. The Morgan fingerprint density at radius 2 is 2.06 bits per heavy atom. The van der Waals surface area contributed by atoms with Crippen LogP contribution >= 0.6 is 11.8 Å². The van der Waals surface area contributed by atoms with Gasteiger partial charge in [-0.25, -0.2) is 0 Å². The lowest BCUT2D eigenvalue weighted by Crippen LogP contribution is -2.30. The van der Waals surface area contributed by atoms with Crippen molar-refractivity contribution < 1.29 is 4.74 Å². The Kier molecular flexibility index (Phi) is 7.89. The van der Waals surface area contributed by atoms with Gasteiger partial charge in [0.1, 0.15) is 5.75 Å². The van der Waals surface area contributed by atoms with E-state index in [4.69, 9.17) is 10.6 Å². The summed E-state index contributed by atoms with van der Waals surface area (Å²) in [4.78, 5) is 0. The lowest BCUT2D eigenvalue weighted by Gasteiger charge is -2.19. The van der Waals surface area contributed by atoms with Crippen molar-refractivity contribution in [3.05, 3.63) is 29.8 Å². The van der Waals surface area contributed by atoms with Gasteiger partial charge in [-0.2, -0.15) is 11.8 Å². The first-order chi connectivity index (χ1) is 8.83. The lowest BCUT2D eigenvalue weighted by atomic mass is 10.1. The predicted molar refractivity (Wildman–Crippen MR) is 79.9 cm³/mol. The molecule has 0 aliphatic rings. The molecule has 3 nitrogen and oxygen atoms in total. The monoisotopic (exact) mass is 268 g/mol. The van der Waals surface area contributed by atoms with Crippen molar-refractivity contribution in [2.75, 3.05) is 18.1 Å². The number of ether oxygens (including phenoxy) is 1. The van der Waals surface area contributed by atoms with E-state index in [1.54, 1.807) is 0 Å². The average molecular weight is 268 g/mol. The summed E-state index contributed by atoms with van der Waals surface area (Å²) in [5.41, 5.74) is 4.04. The topological polar surface area (TPSA) is 47.3 Å². The van der Waals surface area contributed by atoms with Crippen LogP contribution in [-0.2, 0) is 0 Å². The molecule has 0 aliphatic heterocycles. The fraction of sp³-hybridized carbons (Fsp3) is 0.571. The van der Waals surface area contributed by atoms with Crippen molar-refractivity contribution in [1.82, 2.24) is 5.43 Å². The Morgan fingerprint density at radius 3 is 2.72 bits per heavy atom. The quantitative estimate of drug-likeness (QED) is 0.410. The molecule has 0 saturated heterocycles. The highest BCUT2D eigenvalue weighted by Crippen LogP contribution is 2.27. The summed E-state index contributed by atoms with van der Waals surface area (Å²) in [6, 6.07) is 8.28. The Bertz CT molecular complexity index is 333. The van der Waals surface area contributed by atoms with Gasteiger partial charge in [-0.1, -0.05) is 32.0 Å². The van der Waals surface area contributed by atoms with E-state index in [1.807, 2.05) is 30.0 Å². The number of hydrogen-bond acceptors (Lipinski definition) is 4. The van der Waals surface area contributed by atoms with Crippen LogP contribution in [0.25, 0.3) is 0 Å². The molecule has 102 valence electrons. The number of para-hydroxylation sites is 1. The molecule has 0 amide bonds. The van der Waals surface area contributed by atoms with Crippen molar-refractivity contribution in [3.8, 4) is 5.75 Å². The number of hydrogen-bond donors (Lipinski definition) is 2. The lowest BCUT2D eigenvalue weighted by molar-refractivity contribution is 0.311. The second-order valence-corrected chi connectivity index (χ2v) is 5.33. The smallest absolute Gasteiger partial charge is 0.124 e. The maximum Gasteiger partial charge on any atom is 0.124 e. The van der Waals surface area contributed by atoms with E-state index in [-0.39, 0.29) is 6.04 Å². The molecule has 18 heavy (non-hydrogen) atoms. The molecule has 1 unspecified atom stereocenters. The minimum Gasteiger partial charge on any atom is -0.493 e. The first kappa shape index (κ1) is 15.3.